The summed E-state index contributed by atoms with van der Waals surface area (Å²) in [7, 11) is 0. The van der Waals surface area contributed by atoms with Gasteiger partial charge in [0, 0.05) is 29.6 Å². The third-order valence-electron chi connectivity index (χ3n) is 8.47. The maximum Gasteiger partial charge on any atom is 0.305 e. The van der Waals surface area contributed by atoms with Crippen molar-refractivity contribution >= 4 is 50.4 Å². The Hall–Kier alpha value is -4.13. The van der Waals surface area contributed by atoms with Crippen molar-refractivity contribution < 1.29 is 19.2 Å². The fourth-order valence-electron chi connectivity index (χ4n) is 6.57. The number of carboxylic acid groups (broad SMARTS) is 1. The molecule has 3 aromatic carbocycles. The summed E-state index contributed by atoms with van der Waals surface area (Å²) in [6.07, 6.45) is 11.8. The monoisotopic (exact) mass is 621 g/mol. The highest BCUT2D eigenvalue weighted by molar-refractivity contribution is 7.19. The molecule has 4 aromatic rings. The van der Waals surface area contributed by atoms with Crippen LogP contribution < -0.4 is 14.2 Å². The number of aliphatic carboxylic acids is 1. The highest BCUT2D eigenvalue weighted by atomic mass is 35.5. The Balaban J connectivity index is 1.20. The second kappa shape index (κ2) is 11.4. The molecule has 0 saturated heterocycles. The Labute approximate surface area is 266 Å². The molecule has 0 fully saturated rings. The Morgan fingerprint density at radius 1 is 1.07 bits per heavy atom. The van der Waals surface area contributed by atoms with E-state index in [4.69, 9.17) is 16.3 Å². The minimum Gasteiger partial charge on any atom is -0.481 e. The number of rotatable bonds is 6. The molecule has 0 saturated carbocycles. The summed E-state index contributed by atoms with van der Waals surface area (Å²) in [4.78, 5) is 13.5. The molecule has 1 N–H and O–H groups in total. The van der Waals surface area contributed by atoms with Gasteiger partial charge >= 0.3 is 5.97 Å². The maximum absolute atomic E-state index is 11.5. The van der Waals surface area contributed by atoms with Crippen LogP contribution in [-0.4, -0.2) is 17.6 Å². The van der Waals surface area contributed by atoms with Gasteiger partial charge in [0.2, 0.25) is 11.4 Å². The summed E-state index contributed by atoms with van der Waals surface area (Å²) in [6, 6.07) is 22.5. The van der Waals surface area contributed by atoms with Gasteiger partial charge < -0.3 is 14.7 Å². The Bertz CT molecular complexity index is 1920. The highest BCUT2D eigenvalue weighted by Crippen LogP contribution is 2.43. The van der Waals surface area contributed by atoms with Gasteiger partial charge in [-0.1, -0.05) is 85.3 Å². The fourth-order valence-corrected chi connectivity index (χ4v) is 7.95. The van der Waals surface area contributed by atoms with E-state index < -0.39 is 5.97 Å². The Morgan fingerprint density at radius 3 is 2.73 bits per heavy atom. The number of thiazole rings is 1. The molecular formula is C37H34ClN2O3S+. The van der Waals surface area contributed by atoms with E-state index in [-0.39, 0.29) is 11.8 Å². The lowest BCUT2D eigenvalue weighted by molar-refractivity contribution is -0.659. The van der Waals surface area contributed by atoms with Gasteiger partial charge in [0.05, 0.1) is 12.1 Å². The molecule has 7 rings (SSSR count). The molecule has 2 aliphatic heterocycles. The van der Waals surface area contributed by atoms with E-state index in [2.05, 4.69) is 73.0 Å². The van der Waals surface area contributed by atoms with E-state index in [0.717, 1.165) is 53.4 Å². The normalized spacial score (nSPS) is 19.8. The van der Waals surface area contributed by atoms with Gasteiger partial charge in [-0.25, -0.2) is 0 Å². The second-order valence-electron chi connectivity index (χ2n) is 12.5. The molecular weight excluding hydrogens is 588 g/mol. The summed E-state index contributed by atoms with van der Waals surface area (Å²) >= 11 is 8.15. The number of anilines is 1. The topological polar surface area (TPSA) is 53.7 Å². The molecule has 0 atom stereocenters. The van der Waals surface area contributed by atoms with Crippen LogP contribution in [0.4, 0.5) is 5.69 Å². The second-order valence-corrected chi connectivity index (χ2v) is 14.0. The van der Waals surface area contributed by atoms with E-state index in [1.165, 1.54) is 31.9 Å². The number of hydrogen-bond acceptors (Lipinski definition) is 4. The van der Waals surface area contributed by atoms with Crippen molar-refractivity contribution in [3.05, 3.63) is 118 Å². The summed E-state index contributed by atoms with van der Waals surface area (Å²) in [6.45, 7) is 5.95. The van der Waals surface area contributed by atoms with E-state index in [0.29, 0.717) is 12.4 Å². The van der Waals surface area contributed by atoms with Gasteiger partial charge in [-0.2, -0.15) is 4.57 Å². The van der Waals surface area contributed by atoms with E-state index in [9.17, 15) is 9.90 Å². The quantitative estimate of drug-likeness (QED) is 0.218. The number of allylic oxidation sites excluding steroid dienone is 7. The largest absolute Gasteiger partial charge is 0.481 e. The third-order valence-corrected chi connectivity index (χ3v) is 9.94. The standard InChI is InChI=1S/C37H33ClN2O3S/c1-37(2)22-24(18-25(23-37)19-28-14-16-40-31-21-29(38)10-12-33(31)44-36(28)40)8-13-34-39(17-15-35(41)42)30-20-27(9-11-32(30)43-34)26-6-4-3-5-7-26/h3-13,18-21H,14-17,22-23H2,1-2H3/p+1. The minimum atomic E-state index is -0.833. The first-order chi connectivity index (χ1) is 21.2. The predicted octanol–water partition coefficient (Wildman–Crippen LogP) is 9.18. The molecule has 0 unspecified atom stereocenters. The van der Waals surface area contributed by atoms with Crippen LogP contribution in [0.1, 0.15) is 44.5 Å². The van der Waals surface area contributed by atoms with Crippen LogP contribution in [0, 0.1) is 5.41 Å². The number of benzene rings is 3. The fraction of sp³-hybridized carbons (Fsp3) is 0.243. The number of halogens is 1. The van der Waals surface area contributed by atoms with Gasteiger partial charge in [0.25, 0.3) is 5.01 Å². The first-order valence-electron chi connectivity index (χ1n) is 15.0. The molecule has 44 heavy (non-hydrogen) atoms. The molecule has 0 bridgehead atoms. The van der Waals surface area contributed by atoms with Crippen molar-refractivity contribution in [3.8, 4) is 16.9 Å². The number of carboxylic acids is 1. The molecule has 0 spiro atoms. The molecule has 1 aromatic heterocycles. The average molecular weight is 622 g/mol. The predicted molar refractivity (Wildman–Crippen MR) is 179 cm³/mol. The van der Waals surface area contributed by atoms with E-state index in [1.807, 2.05) is 52.6 Å². The van der Waals surface area contributed by atoms with Crippen molar-refractivity contribution in [2.45, 2.75) is 46.1 Å². The van der Waals surface area contributed by atoms with Gasteiger partial charge in [-0.05, 0) is 76.9 Å². The summed E-state index contributed by atoms with van der Waals surface area (Å²) in [5.41, 5.74) is 8.34. The van der Waals surface area contributed by atoms with Gasteiger partial charge in [-0.3, -0.25) is 4.79 Å². The third kappa shape index (κ3) is 5.72. The molecule has 0 radical (unpaired) electrons. The van der Waals surface area contributed by atoms with E-state index in [1.54, 1.807) is 0 Å². The summed E-state index contributed by atoms with van der Waals surface area (Å²) in [5, 5.41) is 11.6. The number of fused-ring (bicyclic) bond motifs is 4. The maximum atomic E-state index is 11.5. The van der Waals surface area contributed by atoms with Crippen molar-refractivity contribution in [1.82, 2.24) is 0 Å². The van der Waals surface area contributed by atoms with Crippen LogP contribution in [0.25, 0.3) is 26.9 Å². The number of aryl methyl sites for hydroxylation is 1. The zero-order valence-corrected chi connectivity index (χ0v) is 26.4. The van der Waals surface area contributed by atoms with E-state index >= 15 is 0 Å². The molecule has 1 aliphatic carbocycles. The van der Waals surface area contributed by atoms with Crippen molar-refractivity contribution in [3.63, 3.8) is 0 Å². The Kier molecular flexibility index (Phi) is 7.43. The van der Waals surface area contributed by atoms with Crippen LogP contribution in [0.15, 0.2) is 108 Å². The van der Waals surface area contributed by atoms with Crippen molar-refractivity contribution in [2.24, 2.45) is 5.41 Å². The van der Waals surface area contributed by atoms with Crippen LogP contribution in [0.2, 0.25) is 5.02 Å². The van der Waals surface area contributed by atoms with Crippen molar-refractivity contribution in [1.29, 1.82) is 0 Å². The smallest absolute Gasteiger partial charge is 0.305 e. The van der Waals surface area contributed by atoms with Crippen LogP contribution >= 0.6 is 22.9 Å². The van der Waals surface area contributed by atoms with Crippen LogP contribution in [0.3, 0.4) is 0 Å². The SMILES string of the molecule is CC1(C)CC(C=C2CC[n+]3c2sc2ccc(Cl)cc23)=C/C(=C\C=C2/Oc3ccc(-c4ccccc4)cc3N2CCC(=O)O)C1. The number of aromatic nitrogens is 1. The number of nitrogens with zero attached hydrogens (tertiary/aromatic N) is 2. The first kappa shape index (κ1) is 28.6. The van der Waals surface area contributed by atoms with Gasteiger partial charge in [-0.15, -0.1) is 0 Å². The lowest BCUT2D eigenvalue weighted by Crippen LogP contribution is -2.30. The number of hydrogen-bond donors (Lipinski definition) is 1. The van der Waals surface area contributed by atoms with Crippen LogP contribution in [-0.2, 0) is 11.3 Å². The number of ether oxygens (including phenoxy) is 1. The van der Waals surface area contributed by atoms with Crippen molar-refractivity contribution in [2.75, 3.05) is 11.4 Å². The van der Waals surface area contributed by atoms with Gasteiger partial charge in [0.1, 0.15) is 4.70 Å². The molecule has 222 valence electrons. The molecule has 0 amide bonds. The number of carbonyl (C=O) groups is 1. The Morgan fingerprint density at radius 2 is 1.91 bits per heavy atom. The minimum absolute atomic E-state index is 0.0147. The highest BCUT2D eigenvalue weighted by Gasteiger charge is 2.32. The summed E-state index contributed by atoms with van der Waals surface area (Å²) in [5.74, 6) is 0.556. The van der Waals surface area contributed by atoms with Crippen LogP contribution in [0.5, 0.6) is 5.75 Å². The van der Waals surface area contributed by atoms with Gasteiger partial charge in [0.15, 0.2) is 12.3 Å². The molecule has 3 aliphatic rings. The summed E-state index contributed by atoms with van der Waals surface area (Å²) < 4.78 is 9.97. The molecule has 5 nitrogen and oxygen atoms in total. The average Bonchev–Trinajstić information content (AvgIpc) is 3.66. The zero-order chi connectivity index (χ0) is 30.4. The molecule has 3 heterocycles. The lowest BCUT2D eigenvalue weighted by Gasteiger charge is -2.30. The lowest BCUT2D eigenvalue weighted by atomic mass is 9.75. The zero-order valence-electron chi connectivity index (χ0n) is 24.8. The first-order valence-corrected chi connectivity index (χ1v) is 16.2. The molecule has 7 heteroatoms.